The van der Waals surface area contributed by atoms with Gasteiger partial charge in [0, 0.05) is 18.2 Å². The second kappa shape index (κ2) is 8.15. The van der Waals surface area contributed by atoms with Gasteiger partial charge in [-0.05, 0) is 31.0 Å². The maximum Gasteiger partial charge on any atom is 0.269 e. The molecule has 1 aliphatic heterocycles. The maximum absolute atomic E-state index is 12.2. The van der Waals surface area contributed by atoms with Gasteiger partial charge < -0.3 is 4.74 Å². The molecule has 8 nitrogen and oxygen atoms in total. The van der Waals surface area contributed by atoms with E-state index in [1.165, 1.54) is 18.2 Å². The van der Waals surface area contributed by atoms with Gasteiger partial charge >= 0.3 is 0 Å². The van der Waals surface area contributed by atoms with Crippen LogP contribution in [-0.4, -0.2) is 43.8 Å². The first-order chi connectivity index (χ1) is 12.3. The Bertz CT molecular complexity index is 913. The summed E-state index contributed by atoms with van der Waals surface area (Å²) in [4.78, 5) is 12.2. The van der Waals surface area contributed by atoms with E-state index in [4.69, 9.17) is 27.9 Å². The van der Waals surface area contributed by atoms with E-state index in [0.717, 1.165) is 24.2 Å². The molecule has 26 heavy (non-hydrogen) atoms. The molecule has 12 heteroatoms. The number of halogens is 2. The van der Waals surface area contributed by atoms with Crippen molar-refractivity contribution in [3.05, 3.63) is 33.8 Å². The quantitative estimate of drug-likeness (QED) is 0.673. The summed E-state index contributed by atoms with van der Waals surface area (Å²) in [5.74, 6) is -0.543. The van der Waals surface area contributed by atoms with Crippen LogP contribution >= 0.6 is 34.5 Å². The molecule has 1 aromatic heterocycles. The van der Waals surface area contributed by atoms with Gasteiger partial charge in [0.1, 0.15) is 0 Å². The zero-order valence-corrected chi connectivity index (χ0v) is 16.4. The zero-order chi connectivity index (χ0) is 18.7. The van der Waals surface area contributed by atoms with Crippen LogP contribution in [0.3, 0.4) is 0 Å². The van der Waals surface area contributed by atoms with Crippen LogP contribution in [0.2, 0.25) is 10.0 Å². The molecule has 2 aromatic rings. The Morgan fingerprint density at radius 3 is 2.85 bits per heavy atom. The summed E-state index contributed by atoms with van der Waals surface area (Å²) in [6.07, 6.45) is 1.58. The Morgan fingerprint density at radius 1 is 1.35 bits per heavy atom. The van der Waals surface area contributed by atoms with Crippen LogP contribution in [0, 0.1) is 0 Å². The van der Waals surface area contributed by atoms with Gasteiger partial charge in [0.15, 0.2) is 0 Å². The number of anilines is 1. The third-order valence-corrected chi connectivity index (χ3v) is 6.74. The molecule has 0 bridgehead atoms. The molecule has 3 rings (SSSR count). The molecule has 1 saturated heterocycles. The molecule has 2 N–H and O–H groups in total. The average Bonchev–Trinajstić information content (AvgIpc) is 3.24. The topological polar surface area (TPSA) is 110 Å². The minimum absolute atomic E-state index is 0.0403. The van der Waals surface area contributed by atoms with Gasteiger partial charge in [-0.25, -0.2) is 13.1 Å². The summed E-state index contributed by atoms with van der Waals surface area (Å²) in [7, 11) is -3.82. The van der Waals surface area contributed by atoms with E-state index in [1.807, 2.05) is 0 Å². The third-order valence-electron chi connectivity index (χ3n) is 3.56. The number of ether oxygens (including phenoxy) is 1. The van der Waals surface area contributed by atoms with E-state index in [-0.39, 0.29) is 32.7 Å². The summed E-state index contributed by atoms with van der Waals surface area (Å²) in [5.41, 5.74) is 0.187. The van der Waals surface area contributed by atoms with Gasteiger partial charge in [0.25, 0.3) is 15.9 Å². The molecular weight excluding hydrogens is 423 g/mol. The van der Waals surface area contributed by atoms with Crippen LogP contribution in [0.1, 0.15) is 23.2 Å². The fourth-order valence-electron chi connectivity index (χ4n) is 2.28. The fraction of sp³-hybridized carbons (Fsp3) is 0.357. The molecule has 2 heterocycles. The van der Waals surface area contributed by atoms with Gasteiger partial charge in [-0.3, -0.25) is 10.1 Å². The molecule has 0 unspecified atom stereocenters. The van der Waals surface area contributed by atoms with E-state index in [1.54, 1.807) is 0 Å². The predicted molar refractivity (Wildman–Crippen MR) is 98.5 cm³/mol. The highest BCUT2D eigenvalue weighted by Crippen LogP contribution is 2.24. The second-order valence-corrected chi connectivity index (χ2v) is 9.20. The SMILES string of the molecule is O=C(Nc1nnc(S(=O)(=O)NC[C@H]2CCCO2)s1)c1ccc(Cl)cc1Cl. The standard InChI is InChI=1S/C14H14Cl2N4O4S2/c15-8-3-4-10(11(16)6-8)12(21)18-13-19-20-14(25-13)26(22,23)17-7-9-2-1-5-24-9/h3-4,6,9,17H,1-2,5,7H2,(H,18,19,21)/t9-/m1/s1. The lowest BCUT2D eigenvalue weighted by molar-refractivity contribution is 0.102. The Morgan fingerprint density at radius 2 is 2.15 bits per heavy atom. The molecule has 0 saturated carbocycles. The minimum Gasteiger partial charge on any atom is -0.377 e. The molecule has 1 fully saturated rings. The lowest BCUT2D eigenvalue weighted by Gasteiger charge is -2.09. The van der Waals surface area contributed by atoms with Gasteiger partial charge in [0.2, 0.25) is 9.47 Å². The number of amides is 1. The van der Waals surface area contributed by atoms with Crippen molar-refractivity contribution in [2.45, 2.75) is 23.3 Å². The number of sulfonamides is 1. The molecule has 0 aliphatic carbocycles. The first-order valence-electron chi connectivity index (χ1n) is 7.56. The Balaban J connectivity index is 1.65. The first-order valence-corrected chi connectivity index (χ1v) is 10.6. The smallest absolute Gasteiger partial charge is 0.269 e. The van der Waals surface area contributed by atoms with Crippen LogP contribution in [0.25, 0.3) is 0 Å². The highest BCUT2D eigenvalue weighted by molar-refractivity contribution is 7.91. The molecule has 1 atom stereocenters. The van der Waals surface area contributed by atoms with Gasteiger partial charge in [-0.1, -0.05) is 34.5 Å². The maximum atomic E-state index is 12.2. The molecular formula is C14H14Cl2N4O4S2. The highest BCUT2D eigenvalue weighted by atomic mass is 35.5. The van der Waals surface area contributed by atoms with Crippen LogP contribution < -0.4 is 10.0 Å². The number of nitrogens with zero attached hydrogens (tertiary/aromatic N) is 2. The van der Waals surface area contributed by atoms with Gasteiger partial charge in [-0.2, -0.15) is 0 Å². The Labute approximate surface area is 163 Å². The summed E-state index contributed by atoms with van der Waals surface area (Å²) in [6.45, 7) is 0.804. The van der Waals surface area contributed by atoms with Crippen molar-refractivity contribution in [2.75, 3.05) is 18.5 Å². The van der Waals surface area contributed by atoms with Crippen molar-refractivity contribution in [1.29, 1.82) is 0 Å². The summed E-state index contributed by atoms with van der Waals surface area (Å²) in [6, 6.07) is 4.41. The van der Waals surface area contributed by atoms with Crippen molar-refractivity contribution in [2.24, 2.45) is 0 Å². The molecule has 0 radical (unpaired) electrons. The average molecular weight is 437 g/mol. The van der Waals surface area contributed by atoms with Crippen LogP contribution in [0.15, 0.2) is 22.5 Å². The second-order valence-electron chi connectivity index (χ2n) is 5.44. The molecule has 0 spiro atoms. The normalized spacial score (nSPS) is 17.4. The number of nitrogens with one attached hydrogen (secondary N) is 2. The van der Waals surface area contributed by atoms with Crippen molar-refractivity contribution < 1.29 is 17.9 Å². The minimum atomic E-state index is -3.82. The van der Waals surface area contributed by atoms with Crippen molar-refractivity contribution >= 4 is 55.6 Å². The lowest BCUT2D eigenvalue weighted by Crippen LogP contribution is -2.31. The van der Waals surface area contributed by atoms with Gasteiger partial charge in [0.05, 0.1) is 16.7 Å². The van der Waals surface area contributed by atoms with Crippen molar-refractivity contribution in [3.8, 4) is 0 Å². The third kappa shape index (κ3) is 4.70. The fourth-order valence-corrected chi connectivity index (χ4v) is 4.77. The molecule has 1 amide bonds. The first kappa shape index (κ1) is 19.5. The number of hydrogen-bond donors (Lipinski definition) is 2. The van der Waals surface area contributed by atoms with E-state index < -0.39 is 15.9 Å². The van der Waals surface area contributed by atoms with E-state index in [9.17, 15) is 13.2 Å². The van der Waals surface area contributed by atoms with Crippen molar-refractivity contribution in [1.82, 2.24) is 14.9 Å². The highest BCUT2D eigenvalue weighted by Gasteiger charge is 2.24. The molecule has 1 aliphatic rings. The Kier molecular flexibility index (Phi) is 6.10. The molecule has 1 aromatic carbocycles. The summed E-state index contributed by atoms with van der Waals surface area (Å²) < 4.78 is 32.1. The summed E-state index contributed by atoms with van der Waals surface area (Å²) in [5, 5.41) is 10.4. The van der Waals surface area contributed by atoms with Gasteiger partial charge in [-0.15, -0.1) is 10.2 Å². The van der Waals surface area contributed by atoms with Crippen molar-refractivity contribution in [3.63, 3.8) is 0 Å². The summed E-state index contributed by atoms with van der Waals surface area (Å²) >= 11 is 12.5. The Hall–Kier alpha value is -1.30. The monoisotopic (exact) mass is 436 g/mol. The number of rotatable bonds is 6. The number of hydrogen-bond acceptors (Lipinski definition) is 7. The lowest BCUT2D eigenvalue weighted by atomic mass is 10.2. The van der Waals surface area contributed by atoms with E-state index in [2.05, 4.69) is 20.2 Å². The molecule has 140 valence electrons. The largest absolute Gasteiger partial charge is 0.377 e. The van der Waals surface area contributed by atoms with E-state index in [0.29, 0.717) is 11.6 Å². The van der Waals surface area contributed by atoms with Crippen LogP contribution in [0.5, 0.6) is 0 Å². The number of benzene rings is 1. The number of carbonyl (C=O) groups is 1. The van der Waals surface area contributed by atoms with Crippen LogP contribution in [-0.2, 0) is 14.8 Å². The van der Waals surface area contributed by atoms with E-state index >= 15 is 0 Å². The number of carbonyl (C=O) groups excluding carboxylic acids is 1. The van der Waals surface area contributed by atoms with Crippen LogP contribution in [0.4, 0.5) is 5.13 Å². The zero-order valence-electron chi connectivity index (χ0n) is 13.2. The predicted octanol–water partition coefficient (Wildman–Crippen LogP) is 2.55. The number of aromatic nitrogens is 2.